The minimum absolute atomic E-state index is 0. The van der Waals surface area contributed by atoms with Gasteiger partial charge < -0.3 is 26.4 Å². The first-order chi connectivity index (χ1) is 14.0. The van der Waals surface area contributed by atoms with Gasteiger partial charge in [0.05, 0.1) is 18.5 Å². The monoisotopic (exact) mass is 426 g/mol. The fourth-order valence-corrected chi connectivity index (χ4v) is 3.15. The first-order valence-electron chi connectivity index (χ1n) is 9.79. The Morgan fingerprint density at radius 3 is 2.73 bits per heavy atom. The maximum absolute atomic E-state index is 12.6. The summed E-state index contributed by atoms with van der Waals surface area (Å²) in [5, 5.41) is 6.17. The third-order valence-electron chi connectivity index (χ3n) is 4.88. The number of hydrogen-bond acceptors (Lipinski definition) is 3. The van der Waals surface area contributed by atoms with Crippen LogP contribution in [0.5, 0.6) is 0 Å². The molecule has 0 bridgehead atoms. The molecule has 1 aliphatic heterocycles. The molecule has 0 spiro atoms. The fraction of sp³-hybridized carbons (Fsp3) is 0.250. The molecule has 2 aromatic rings. The number of anilines is 1. The molecule has 1 atom stereocenters. The number of hydrogen-bond donors (Lipinski definition) is 2. The quantitative estimate of drug-likeness (QED) is 0.301. The molecule has 1 amide bonds. The van der Waals surface area contributed by atoms with Crippen LogP contribution in [0.15, 0.2) is 53.7 Å². The number of carbonyl (C=O) groups is 1. The Morgan fingerprint density at radius 2 is 2.07 bits per heavy atom. The molecule has 2 aromatic carbocycles. The van der Waals surface area contributed by atoms with Crippen molar-refractivity contribution in [2.75, 3.05) is 12.4 Å². The second kappa shape index (κ2) is 11.6. The predicted molar refractivity (Wildman–Crippen MR) is 118 cm³/mol. The largest absolute Gasteiger partial charge is 1.00 e. The summed E-state index contributed by atoms with van der Waals surface area (Å²) < 4.78 is 1.95. The van der Waals surface area contributed by atoms with Crippen LogP contribution in [0.3, 0.4) is 0 Å². The van der Waals surface area contributed by atoms with Gasteiger partial charge in [-0.25, -0.2) is 0 Å². The molecule has 0 saturated carbocycles. The number of aryl methyl sites for hydroxylation is 2. The van der Waals surface area contributed by atoms with Crippen molar-refractivity contribution in [1.82, 2.24) is 5.32 Å². The summed E-state index contributed by atoms with van der Waals surface area (Å²) in [6, 6.07) is 13.7. The molecule has 0 saturated heterocycles. The first kappa shape index (κ1) is 24.6. The van der Waals surface area contributed by atoms with Gasteiger partial charge >= 0.3 is 51.4 Å². The Morgan fingerprint density at radius 1 is 1.30 bits per heavy atom. The second-order valence-electron chi connectivity index (χ2n) is 7.19. The van der Waals surface area contributed by atoms with Gasteiger partial charge in [-0.15, -0.1) is 6.20 Å². The van der Waals surface area contributed by atoms with Gasteiger partial charge in [0, 0.05) is 17.3 Å². The molecule has 2 N–H and O–H groups in total. The average Bonchev–Trinajstić information content (AvgIpc) is 2.69. The van der Waals surface area contributed by atoms with Crippen molar-refractivity contribution in [3.05, 3.63) is 83.7 Å². The summed E-state index contributed by atoms with van der Waals surface area (Å²) in [6.07, 6.45) is 7.52. The molecule has 0 radical (unpaired) electrons. The van der Waals surface area contributed by atoms with Crippen molar-refractivity contribution in [2.45, 2.75) is 33.2 Å². The molecular weight excluding hydrogens is 399 g/mol. The Balaban J connectivity index is 0.00000320. The molecule has 30 heavy (non-hydrogen) atoms. The third kappa shape index (κ3) is 6.65. The van der Waals surface area contributed by atoms with E-state index in [2.05, 4.69) is 28.7 Å². The molecule has 6 heteroatoms. The Labute approximate surface area is 221 Å². The first-order valence-corrected chi connectivity index (χ1v) is 9.79. The SMILES string of the molecule is CCc1ccc(C(=O)Nc2cccc(C(C)N[C-]=CN=C3C=[N+](C)[CH-]3)c2)cc1C.[K+]. The molecule has 1 heterocycles. The molecule has 5 nitrogen and oxygen atoms in total. The van der Waals surface area contributed by atoms with E-state index in [1.54, 1.807) is 6.20 Å². The van der Waals surface area contributed by atoms with E-state index in [1.165, 1.54) is 5.56 Å². The molecular formula is C24H27KN4O. The molecule has 3 rings (SSSR count). The van der Waals surface area contributed by atoms with Gasteiger partial charge in [0.25, 0.3) is 5.91 Å². The Bertz CT molecular complexity index is 994. The van der Waals surface area contributed by atoms with Crippen LogP contribution in [0.1, 0.15) is 46.9 Å². The van der Waals surface area contributed by atoms with Crippen molar-refractivity contribution in [3.8, 4) is 0 Å². The zero-order valence-electron chi connectivity index (χ0n) is 18.4. The van der Waals surface area contributed by atoms with Crippen molar-refractivity contribution in [3.63, 3.8) is 0 Å². The molecule has 150 valence electrons. The van der Waals surface area contributed by atoms with Gasteiger partial charge in [-0.1, -0.05) is 25.1 Å². The number of amides is 1. The standard InChI is InChI=1S/C24H27N4O.K/c1-5-19-9-10-21(13-17(19)2)24(29)27-22-8-6-7-20(14-22)18(3)25-11-12-26-23-15-28(4)16-23;/h6-10,12-16,18,25H,5H2,1-4H3,(H,27,29);/q-1;+1. The minimum Gasteiger partial charge on any atom is -0.560 e. The van der Waals surface area contributed by atoms with E-state index in [0.29, 0.717) is 5.56 Å². The number of nitrogens with zero attached hydrogens (tertiary/aromatic N) is 2. The van der Waals surface area contributed by atoms with Gasteiger partial charge in [0.15, 0.2) is 0 Å². The van der Waals surface area contributed by atoms with Gasteiger partial charge in [-0.2, -0.15) is 0 Å². The summed E-state index contributed by atoms with van der Waals surface area (Å²) >= 11 is 0. The summed E-state index contributed by atoms with van der Waals surface area (Å²) in [5.74, 6) is -0.103. The second-order valence-corrected chi connectivity index (χ2v) is 7.19. The average molecular weight is 427 g/mol. The Kier molecular flexibility index (Phi) is 9.52. The van der Waals surface area contributed by atoms with E-state index in [0.717, 1.165) is 28.9 Å². The zero-order valence-corrected chi connectivity index (χ0v) is 21.5. The zero-order chi connectivity index (χ0) is 20.8. The smallest absolute Gasteiger partial charge is 0.560 e. The summed E-state index contributed by atoms with van der Waals surface area (Å²) in [6.45, 7) is 8.13. The number of nitrogens with one attached hydrogen (secondary N) is 2. The topological polar surface area (TPSA) is 56.5 Å². The normalized spacial score (nSPS) is 14.9. The van der Waals surface area contributed by atoms with E-state index in [4.69, 9.17) is 0 Å². The fourth-order valence-electron chi connectivity index (χ4n) is 3.15. The number of benzene rings is 2. The molecule has 1 aliphatic rings. The van der Waals surface area contributed by atoms with E-state index in [-0.39, 0.29) is 63.3 Å². The molecule has 1 unspecified atom stereocenters. The van der Waals surface area contributed by atoms with Gasteiger partial charge in [0.1, 0.15) is 7.05 Å². The van der Waals surface area contributed by atoms with Crippen LogP contribution in [0, 0.1) is 19.7 Å². The van der Waals surface area contributed by atoms with Crippen molar-refractivity contribution in [1.29, 1.82) is 0 Å². The van der Waals surface area contributed by atoms with Crippen molar-refractivity contribution >= 4 is 23.5 Å². The van der Waals surface area contributed by atoms with Crippen LogP contribution in [-0.4, -0.2) is 29.5 Å². The van der Waals surface area contributed by atoms with Crippen LogP contribution >= 0.6 is 0 Å². The predicted octanol–water partition coefficient (Wildman–Crippen LogP) is 1.07. The molecule has 0 fully saturated rings. The number of carbonyl (C=O) groups excluding carboxylic acids is 1. The van der Waals surface area contributed by atoms with Crippen molar-refractivity contribution in [2.24, 2.45) is 4.99 Å². The summed E-state index contributed by atoms with van der Waals surface area (Å²) in [4.78, 5) is 16.9. The summed E-state index contributed by atoms with van der Waals surface area (Å²) in [5.41, 5.74) is 5.81. The maximum atomic E-state index is 12.6. The summed E-state index contributed by atoms with van der Waals surface area (Å²) in [7, 11) is 1.96. The Hall–Kier alpha value is -1.70. The molecule has 0 aliphatic carbocycles. The van der Waals surface area contributed by atoms with Crippen LogP contribution in [0.25, 0.3) is 0 Å². The third-order valence-corrected chi connectivity index (χ3v) is 4.88. The van der Waals surface area contributed by atoms with E-state index in [9.17, 15) is 4.79 Å². The van der Waals surface area contributed by atoms with Crippen LogP contribution in [0.4, 0.5) is 5.69 Å². The van der Waals surface area contributed by atoms with Crippen LogP contribution in [0.2, 0.25) is 0 Å². The van der Waals surface area contributed by atoms with Gasteiger partial charge in [0.2, 0.25) is 0 Å². The van der Waals surface area contributed by atoms with Crippen LogP contribution < -0.4 is 62.0 Å². The maximum Gasteiger partial charge on any atom is 1.00 e. The number of rotatable bonds is 7. The minimum atomic E-state index is -0.103. The molecule has 0 aromatic heterocycles. The van der Waals surface area contributed by atoms with Gasteiger partial charge in [-0.05, 0) is 61.2 Å². The number of aliphatic imine (C=N–C) groups is 1. The van der Waals surface area contributed by atoms with Gasteiger partial charge in [-0.3, -0.25) is 4.79 Å². The van der Waals surface area contributed by atoms with E-state index < -0.39 is 0 Å². The van der Waals surface area contributed by atoms with Crippen molar-refractivity contribution < 1.29 is 60.8 Å². The van der Waals surface area contributed by atoms with E-state index in [1.807, 2.05) is 80.7 Å². The van der Waals surface area contributed by atoms with Crippen LogP contribution in [-0.2, 0) is 6.42 Å². The van der Waals surface area contributed by atoms with E-state index >= 15 is 0 Å².